The molecule has 112 valence electrons. The minimum atomic E-state index is -2.26. The number of halogens is 2. The number of aromatic nitrogens is 1. The lowest BCUT2D eigenvalue weighted by Crippen LogP contribution is -2.48. The number of pyridine rings is 1. The number of rotatable bonds is 5. The van der Waals surface area contributed by atoms with E-state index in [1.54, 1.807) is 4.90 Å². The second-order valence-corrected chi connectivity index (χ2v) is 5.18. The molecule has 0 amide bonds. The molecule has 1 aromatic heterocycles. The molecule has 0 spiro atoms. The standard InChI is InChI=1S/C14H21F2N3O/c1-11(2)20-14-5-3-4-13(17-14)19-8-6-18(7-9-19)10-12(15)16/h3-5,11-12H,6-10H2,1-2H3. The topological polar surface area (TPSA) is 28.6 Å². The fourth-order valence-electron chi connectivity index (χ4n) is 2.24. The summed E-state index contributed by atoms with van der Waals surface area (Å²) in [4.78, 5) is 8.35. The lowest BCUT2D eigenvalue weighted by molar-refractivity contribution is 0.0853. The molecule has 2 heterocycles. The minimum Gasteiger partial charge on any atom is -0.475 e. The van der Waals surface area contributed by atoms with Gasteiger partial charge in [0.05, 0.1) is 12.6 Å². The van der Waals surface area contributed by atoms with E-state index in [9.17, 15) is 8.78 Å². The molecule has 0 N–H and O–H groups in total. The Morgan fingerprint density at radius 1 is 1.20 bits per heavy atom. The number of anilines is 1. The largest absolute Gasteiger partial charge is 0.475 e. The quantitative estimate of drug-likeness (QED) is 0.829. The highest BCUT2D eigenvalue weighted by Gasteiger charge is 2.20. The van der Waals surface area contributed by atoms with Gasteiger partial charge in [0.1, 0.15) is 5.82 Å². The van der Waals surface area contributed by atoms with Crippen LogP contribution in [0.4, 0.5) is 14.6 Å². The zero-order chi connectivity index (χ0) is 14.5. The van der Waals surface area contributed by atoms with Crippen LogP contribution in [0, 0.1) is 0 Å². The Kier molecular flexibility index (Phi) is 5.11. The maximum absolute atomic E-state index is 12.3. The Hall–Kier alpha value is -1.43. The predicted molar refractivity (Wildman–Crippen MR) is 74.7 cm³/mol. The number of nitrogens with zero attached hydrogens (tertiary/aromatic N) is 3. The van der Waals surface area contributed by atoms with Gasteiger partial charge in [-0.05, 0) is 19.9 Å². The van der Waals surface area contributed by atoms with Gasteiger partial charge in [0.15, 0.2) is 0 Å². The summed E-state index contributed by atoms with van der Waals surface area (Å²) in [6.07, 6.45) is -2.18. The van der Waals surface area contributed by atoms with Gasteiger partial charge in [0, 0.05) is 32.2 Å². The fourth-order valence-corrected chi connectivity index (χ4v) is 2.24. The van der Waals surface area contributed by atoms with Crippen molar-refractivity contribution in [2.24, 2.45) is 0 Å². The Labute approximate surface area is 118 Å². The van der Waals surface area contributed by atoms with Crippen LogP contribution in [0.25, 0.3) is 0 Å². The van der Waals surface area contributed by atoms with Crippen LogP contribution < -0.4 is 9.64 Å². The van der Waals surface area contributed by atoms with Crippen LogP contribution in [0.15, 0.2) is 18.2 Å². The van der Waals surface area contributed by atoms with Crippen LogP contribution in [0.3, 0.4) is 0 Å². The Balaban J connectivity index is 1.93. The van der Waals surface area contributed by atoms with E-state index in [0.717, 1.165) is 5.82 Å². The van der Waals surface area contributed by atoms with Crippen LogP contribution in [-0.2, 0) is 0 Å². The first kappa shape index (κ1) is 15.0. The molecule has 6 heteroatoms. The second kappa shape index (κ2) is 6.83. The van der Waals surface area contributed by atoms with Gasteiger partial charge < -0.3 is 9.64 Å². The Morgan fingerprint density at radius 3 is 2.50 bits per heavy atom. The summed E-state index contributed by atoms with van der Waals surface area (Å²) >= 11 is 0. The third kappa shape index (κ3) is 4.30. The van der Waals surface area contributed by atoms with Gasteiger partial charge in [-0.1, -0.05) is 6.07 Å². The highest BCUT2D eigenvalue weighted by Crippen LogP contribution is 2.18. The van der Waals surface area contributed by atoms with E-state index in [1.807, 2.05) is 32.0 Å². The maximum Gasteiger partial charge on any atom is 0.251 e. The molecule has 4 nitrogen and oxygen atoms in total. The number of ether oxygens (including phenoxy) is 1. The summed E-state index contributed by atoms with van der Waals surface area (Å²) in [7, 11) is 0. The molecule has 1 aliphatic heterocycles. The molecule has 0 unspecified atom stereocenters. The summed E-state index contributed by atoms with van der Waals surface area (Å²) in [5.41, 5.74) is 0. The lowest BCUT2D eigenvalue weighted by Gasteiger charge is -2.35. The zero-order valence-corrected chi connectivity index (χ0v) is 11.9. The third-order valence-electron chi connectivity index (χ3n) is 3.16. The average Bonchev–Trinajstić information content (AvgIpc) is 2.38. The summed E-state index contributed by atoms with van der Waals surface area (Å²) in [6.45, 7) is 6.48. The van der Waals surface area contributed by atoms with Crippen molar-refractivity contribution >= 4 is 5.82 Å². The maximum atomic E-state index is 12.3. The van der Waals surface area contributed by atoms with Crippen molar-refractivity contribution in [2.75, 3.05) is 37.6 Å². The van der Waals surface area contributed by atoms with E-state index in [2.05, 4.69) is 9.88 Å². The SMILES string of the molecule is CC(C)Oc1cccc(N2CCN(CC(F)F)CC2)n1. The first-order valence-electron chi connectivity index (χ1n) is 6.94. The molecule has 2 rings (SSSR count). The van der Waals surface area contributed by atoms with Gasteiger partial charge in [-0.25, -0.2) is 8.78 Å². The molecule has 0 aliphatic carbocycles. The van der Waals surface area contributed by atoms with E-state index in [0.29, 0.717) is 32.1 Å². The summed E-state index contributed by atoms with van der Waals surface area (Å²) in [5.74, 6) is 1.45. The van der Waals surface area contributed by atoms with Crippen molar-refractivity contribution in [3.63, 3.8) is 0 Å². The molecule has 0 aromatic carbocycles. The summed E-state index contributed by atoms with van der Waals surface area (Å²) in [5, 5.41) is 0. The van der Waals surface area contributed by atoms with Crippen molar-refractivity contribution in [1.82, 2.24) is 9.88 Å². The lowest BCUT2D eigenvalue weighted by atomic mass is 10.3. The second-order valence-electron chi connectivity index (χ2n) is 5.18. The summed E-state index contributed by atoms with van der Waals surface area (Å²) < 4.78 is 30.2. The first-order valence-corrected chi connectivity index (χ1v) is 6.94. The van der Waals surface area contributed by atoms with Crippen molar-refractivity contribution in [2.45, 2.75) is 26.4 Å². The molecule has 1 fully saturated rings. The van der Waals surface area contributed by atoms with Crippen molar-refractivity contribution in [3.05, 3.63) is 18.2 Å². The Morgan fingerprint density at radius 2 is 1.90 bits per heavy atom. The van der Waals surface area contributed by atoms with Crippen LogP contribution in [0.2, 0.25) is 0 Å². The van der Waals surface area contributed by atoms with Crippen molar-refractivity contribution in [3.8, 4) is 5.88 Å². The molecule has 0 bridgehead atoms. The van der Waals surface area contributed by atoms with Crippen LogP contribution in [0.5, 0.6) is 5.88 Å². The molecule has 0 saturated carbocycles. The summed E-state index contributed by atoms with van der Waals surface area (Å²) in [6, 6.07) is 5.66. The molecule has 1 aromatic rings. The highest BCUT2D eigenvalue weighted by molar-refractivity contribution is 5.41. The minimum absolute atomic E-state index is 0.0839. The van der Waals surface area contributed by atoms with Gasteiger partial charge >= 0.3 is 0 Å². The first-order chi connectivity index (χ1) is 9.54. The van der Waals surface area contributed by atoms with Crippen LogP contribution >= 0.6 is 0 Å². The van der Waals surface area contributed by atoms with Gasteiger partial charge in [-0.2, -0.15) is 4.98 Å². The number of hydrogen-bond acceptors (Lipinski definition) is 4. The predicted octanol–water partition coefficient (Wildman–Crippen LogP) is 2.26. The van der Waals surface area contributed by atoms with E-state index in [-0.39, 0.29) is 12.6 Å². The number of alkyl halides is 2. The smallest absolute Gasteiger partial charge is 0.251 e. The van der Waals surface area contributed by atoms with E-state index >= 15 is 0 Å². The third-order valence-corrected chi connectivity index (χ3v) is 3.16. The van der Waals surface area contributed by atoms with E-state index < -0.39 is 6.43 Å². The Bertz CT molecular complexity index is 421. The fraction of sp³-hybridized carbons (Fsp3) is 0.643. The van der Waals surface area contributed by atoms with Crippen molar-refractivity contribution in [1.29, 1.82) is 0 Å². The molecular weight excluding hydrogens is 264 g/mol. The van der Waals surface area contributed by atoms with Gasteiger partial charge in [-0.15, -0.1) is 0 Å². The van der Waals surface area contributed by atoms with Gasteiger partial charge in [0.2, 0.25) is 5.88 Å². The average molecular weight is 285 g/mol. The van der Waals surface area contributed by atoms with Gasteiger partial charge in [-0.3, -0.25) is 4.90 Å². The van der Waals surface area contributed by atoms with Crippen LogP contribution in [0.1, 0.15) is 13.8 Å². The van der Waals surface area contributed by atoms with Crippen molar-refractivity contribution < 1.29 is 13.5 Å². The highest BCUT2D eigenvalue weighted by atomic mass is 19.3. The molecule has 20 heavy (non-hydrogen) atoms. The number of piperazine rings is 1. The number of hydrogen-bond donors (Lipinski definition) is 0. The molecule has 1 aliphatic rings. The normalized spacial score (nSPS) is 17.0. The van der Waals surface area contributed by atoms with E-state index in [1.165, 1.54) is 0 Å². The molecule has 0 radical (unpaired) electrons. The zero-order valence-electron chi connectivity index (χ0n) is 11.9. The van der Waals surface area contributed by atoms with E-state index in [4.69, 9.17) is 4.74 Å². The van der Waals surface area contributed by atoms with Crippen LogP contribution in [-0.4, -0.2) is 55.1 Å². The molecule has 0 atom stereocenters. The molecular formula is C14H21F2N3O. The van der Waals surface area contributed by atoms with Gasteiger partial charge in [0.25, 0.3) is 6.43 Å². The monoisotopic (exact) mass is 285 g/mol. The molecule has 1 saturated heterocycles.